The Balaban J connectivity index is 2.78. The van der Waals surface area contributed by atoms with Crippen molar-refractivity contribution in [3.05, 3.63) is 28.8 Å². The van der Waals surface area contributed by atoms with E-state index in [4.69, 9.17) is 27.2 Å². The maximum Gasteiger partial charge on any atom is 0.304 e. The zero-order valence-electron chi connectivity index (χ0n) is 8.94. The normalized spacial score (nSPS) is 12.2. The number of nitrogens with two attached hydrogens (primary N) is 1. The SMILES string of the molecule is COc1ccc(Cl)cc1CC(N)CC(=O)O. The van der Waals surface area contributed by atoms with Crippen LogP contribution in [0.4, 0.5) is 0 Å². The van der Waals surface area contributed by atoms with Gasteiger partial charge in [-0.05, 0) is 30.2 Å². The first kappa shape index (κ1) is 12.8. The predicted molar refractivity (Wildman–Crippen MR) is 61.9 cm³/mol. The summed E-state index contributed by atoms with van der Waals surface area (Å²) in [4.78, 5) is 10.5. The van der Waals surface area contributed by atoms with Gasteiger partial charge in [0.2, 0.25) is 0 Å². The number of carbonyl (C=O) groups is 1. The second-order valence-corrected chi connectivity index (χ2v) is 3.95. The van der Waals surface area contributed by atoms with Crippen LogP contribution in [0.5, 0.6) is 5.75 Å². The summed E-state index contributed by atoms with van der Waals surface area (Å²) in [6.07, 6.45) is 0.353. The lowest BCUT2D eigenvalue weighted by atomic mass is 10.0. The van der Waals surface area contributed by atoms with Crippen LogP contribution < -0.4 is 10.5 Å². The zero-order chi connectivity index (χ0) is 12.1. The van der Waals surface area contributed by atoms with Gasteiger partial charge in [0, 0.05) is 11.1 Å². The first-order valence-electron chi connectivity index (χ1n) is 4.82. The number of benzene rings is 1. The molecule has 1 rings (SSSR count). The minimum absolute atomic E-state index is 0.0737. The largest absolute Gasteiger partial charge is 0.496 e. The third kappa shape index (κ3) is 3.72. The van der Waals surface area contributed by atoms with E-state index >= 15 is 0 Å². The Bertz CT molecular complexity index is 381. The summed E-state index contributed by atoms with van der Waals surface area (Å²) in [6.45, 7) is 0. The highest BCUT2D eigenvalue weighted by Gasteiger charge is 2.12. The summed E-state index contributed by atoms with van der Waals surface area (Å²) in [5, 5.41) is 9.19. The topological polar surface area (TPSA) is 72.5 Å². The van der Waals surface area contributed by atoms with E-state index in [2.05, 4.69) is 0 Å². The van der Waals surface area contributed by atoms with Gasteiger partial charge >= 0.3 is 5.97 Å². The Morgan fingerprint density at radius 3 is 2.88 bits per heavy atom. The molecule has 5 heteroatoms. The molecule has 0 fully saturated rings. The fourth-order valence-electron chi connectivity index (χ4n) is 1.49. The molecule has 0 aliphatic carbocycles. The quantitative estimate of drug-likeness (QED) is 0.826. The monoisotopic (exact) mass is 243 g/mol. The van der Waals surface area contributed by atoms with Crippen LogP contribution in [0.3, 0.4) is 0 Å². The van der Waals surface area contributed by atoms with Crippen LogP contribution in [-0.2, 0) is 11.2 Å². The highest BCUT2D eigenvalue weighted by atomic mass is 35.5. The van der Waals surface area contributed by atoms with E-state index in [-0.39, 0.29) is 6.42 Å². The summed E-state index contributed by atoms with van der Waals surface area (Å²) in [5.74, 6) is -0.237. The van der Waals surface area contributed by atoms with Gasteiger partial charge in [-0.3, -0.25) is 4.79 Å². The lowest BCUT2D eigenvalue weighted by molar-refractivity contribution is -0.137. The van der Waals surface area contributed by atoms with E-state index in [1.807, 2.05) is 0 Å². The number of ether oxygens (including phenoxy) is 1. The van der Waals surface area contributed by atoms with Crippen molar-refractivity contribution in [2.24, 2.45) is 5.73 Å². The van der Waals surface area contributed by atoms with Crippen molar-refractivity contribution in [1.82, 2.24) is 0 Å². The van der Waals surface area contributed by atoms with Crippen LogP contribution in [0, 0.1) is 0 Å². The first-order valence-corrected chi connectivity index (χ1v) is 5.20. The molecular formula is C11H14ClNO3. The highest BCUT2D eigenvalue weighted by molar-refractivity contribution is 6.30. The second kappa shape index (κ2) is 5.72. The van der Waals surface area contributed by atoms with E-state index in [9.17, 15) is 4.79 Å². The highest BCUT2D eigenvalue weighted by Crippen LogP contribution is 2.23. The van der Waals surface area contributed by atoms with Crippen LogP contribution >= 0.6 is 11.6 Å². The van der Waals surface area contributed by atoms with E-state index < -0.39 is 12.0 Å². The molecule has 16 heavy (non-hydrogen) atoms. The van der Waals surface area contributed by atoms with Gasteiger partial charge in [0.25, 0.3) is 0 Å². The summed E-state index contributed by atoms with van der Waals surface area (Å²) < 4.78 is 5.14. The molecular weight excluding hydrogens is 230 g/mol. The third-order valence-electron chi connectivity index (χ3n) is 2.16. The Morgan fingerprint density at radius 1 is 1.62 bits per heavy atom. The number of rotatable bonds is 5. The number of halogens is 1. The summed E-state index contributed by atoms with van der Waals surface area (Å²) in [6, 6.07) is 4.75. The van der Waals surface area contributed by atoms with Gasteiger partial charge in [0.1, 0.15) is 5.75 Å². The fourth-order valence-corrected chi connectivity index (χ4v) is 1.68. The minimum atomic E-state index is -0.909. The number of methoxy groups -OCH3 is 1. The third-order valence-corrected chi connectivity index (χ3v) is 2.40. The smallest absolute Gasteiger partial charge is 0.304 e. The van der Waals surface area contributed by atoms with Crippen molar-refractivity contribution in [2.75, 3.05) is 7.11 Å². The molecule has 0 radical (unpaired) electrons. The van der Waals surface area contributed by atoms with Gasteiger partial charge < -0.3 is 15.6 Å². The summed E-state index contributed by atoms with van der Waals surface area (Å²) >= 11 is 5.85. The molecule has 0 heterocycles. The molecule has 0 aliphatic rings. The van der Waals surface area contributed by atoms with E-state index in [0.29, 0.717) is 17.2 Å². The Kier molecular flexibility index (Phi) is 4.58. The lowest BCUT2D eigenvalue weighted by Crippen LogP contribution is -2.26. The van der Waals surface area contributed by atoms with Gasteiger partial charge in [-0.25, -0.2) is 0 Å². The van der Waals surface area contributed by atoms with Crippen molar-refractivity contribution >= 4 is 17.6 Å². The van der Waals surface area contributed by atoms with Crippen molar-refractivity contribution < 1.29 is 14.6 Å². The Morgan fingerprint density at radius 2 is 2.31 bits per heavy atom. The molecule has 0 spiro atoms. The van der Waals surface area contributed by atoms with Gasteiger partial charge in [-0.2, -0.15) is 0 Å². The number of hydrogen-bond donors (Lipinski definition) is 2. The maximum atomic E-state index is 10.5. The Labute approximate surface area is 99.0 Å². The molecule has 0 aromatic heterocycles. The average Bonchev–Trinajstić information content (AvgIpc) is 2.16. The number of carboxylic acids is 1. The number of hydrogen-bond acceptors (Lipinski definition) is 3. The molecule has 0 saturated heterocycles. The molecule has 0 saturated carbocycles. The van der Waals surface area contributed by atoms with Gasteiger partial charge in [-0.1, -0.05) is 11.6 Å². The second-order valence-electron chi connectivity index (χ2n) is 3.52. The van der Waals surface area contributed by atoms with Crippen LogP contribution in [0.1, 0.15) is 12.0 Å². The summed E-state index contributed by atoms with van der Waals surface area (Å²) in [7, 11) is 1.55. The first-order chi connectivity index (χ1) is 7.52. The molecule has 1 aromatic carbocycles. The van der Waals surface area contributed by atoms with Crippen molar-refractivity contribution in [1.29, 1.82) is 0 Å². The molecule has 88 valence electrons. The van der Waals surface area contributed by atoms with Gasteiger partial charge in [0.15, 0.2) is 0 Å². The molecule has 1 unspecified atom stereocenters. The van der Waals surface area contributed by atoms with Crippen LogP contribution in [-0.4, -0.2) is 24.2 Å². The lowest BCUT2D eigenvalue weighted by Gasteiger charge is -2.12. The molecule has 0 amide bonds. The van der Waals surface area contributed by atoms with E-state index in [0.717, 1.165) is 5.56 Å². The van der Waals surface area contributed by atoms with Crippen molar-refractivity contribution in [3.8, 4) is 5.75 Å². The van der Waals surface area contributed by atoms with Gasteiger partial charge in [-0.15, -0.1) is 0 Å². The van der Waals surface area contributed by atoms with E-state index in [1.165, 1.54) is 0 Å². The average molecular weight is 244 g/mol. The zero-order valence-corrected chi connectivity index (χ0v) is 9.70. The molecule has 1 atom stereocenters. The van der Waals surface area contributed by atoms with E-state index in [1.54, 1.807) is 25.3 Å². The van der Waals surface area contributed by atoms with Crippen LogP contribution in [0.15, 0.2) is 18.2 Å². The summed E-state index contributed by atoms with van der Waals surface area (Å²) in [5.41, 5.74) is 6.52. The predicted octanol–water partition coefficient (Wildman–Crippen LogP) is 1.69. The fraction of sp³-hybridized carbons (Fsp3) is 0.364. The van der Waals surface area contributed by atoms with Crippen LogP contribution in [0.2, 0.25) is 5.02 Å². The standard InChI is InChI=1S/C11H14ClNO3/c1-16-10-3-2-8(12)4-7(10)5-9(13)6-11(14)15/h2-4,9H,5-6,13H2,1H3,(H,14,15). The molecule has 0 bridgehead atoms. The minimum Gasteiger partial charge on any atom is -0.496 e. The molecule has 4 nitrogen and oxygen atoms in total. The molecule has 0 aliphatic heterocycles. The van der Waals surface area contributed by atoms with Crippen LogP contribution in [0.25, 0.3) is 0 Å². The molecule has 1 aromatic rings. The van der Waals surface area contributed by atoms with Crippen molar-refractivity contribution in [2.45, 2.75) is 18.9 Å². The van der Waals surface area contributed by atoms with Gasteiger partial charge in [0.05, 0.1) is 13.5 Å². The number of aliphatic carboxylic acids is 1. The molecule has 3 N–H and O–H groups in total. The van der Waals surface area contributed by atoms with Crippen molar-refractivity contribution in [3.63, 3.8) is 0 Å². The number of carboxylic acid groups (broad SMARTS) is 1. The Hall–Kier alpha value is -1.26. The maximum absolute atomic E-state index is 10.5.